The van der Waals surface area contributed by atoms with Gasteiger partial charge in [-0.2, -0.15) is 18.3 Å². The van der Waals surface area contributed by atoms with E-state index < -0.39 is 11.7 Å². The topological polar surface area (TPSA) is 91.5 Å². The molecule has 0 aliphatic carbocycles. The fourth-order valence-corrected chi connectivity index (χ4v) is 4.40. The molecule has 2 aliphatic heterocycles. The lowest BCUT2D eigenvalue weighted by molar-refractivity contribution is -0.137. The summed E-state index contributed by atoms with van der Waals surface area (Å²) in [6.45, 7) is 6.78. The predicted molar refractivity (Wildman–Crippen MR) is 117 cm³/mol. The monoisotopic (exact) mass is 467 g/mol. The van der Waals surface area contributed by atoms with Crippen LogP contribution in [-0.2, 0) is 20.4 Å². The van der Waals surface area contributed by atoms with Crippen LogP contribution >= 0.6 is 0 Å². The number of likely N-dealkylation sites (tertiary alicyclic amines) is 1. The van der Waals surface area contributed by atoms with Gasteiger partial charge in [0, 0.05) is 37.7 Å². The molecular weight excluding hydrogens is 439 g/mol. The second kappa shape index (κ2) is 10.1. The number of amides is 1. The first-order valence-electron chi connectivity index (χ1n) is 11.0. The van der Waals surface area contributed by atoms with Crippen LogP contribution in [0.15, 0.2) is 30.9 Å². The van der Waals surface area contributed by atoms with E-state index in [1.54, 1.807) is 6.08 Å². The lowest BCUT2D eigenvalue weighted by atomic mass is 10.1. The summed E-state index contributed by atoms with van der Waals surface area (Å²) in [5, 5.41) is 12.8. The van der Waals surface area contributed by atoms with Crippen molar-refractivity contribution < 1.29 is 27.4 Å². The second-order valence-electron chi connectivity index (χ2n) is 8.32. The maximum Gasteiger partial charge on any atom is 0.416 e. The summed E-state index contributed by atoms with van der Waals surface area (Å²) in [4.78, 5) is 15.0. The number of H-pyrrole nitrogens is 1. The molecule has 1 aromatic heterocycles. The molecule has 2 atom stereocenters. The molecule has 2 aromatic rings. The zero-order valence-corrected chi connectivity index (χ0v) is 18.2. The molecule has 8 nitrogen and oxygen atoms in total. The highest BCUT2D eigenvalue weighted by Crippen LogP contribution is 2.32. The molecule has 3 N–H and O–H groups in total. The Morgan fingerprint density at radius 2 is 2.12 bits per heavy atom. The summed E-state index contributed by atoms with van der Waals surface area (Å²) in [7, 11) is 0. The summed E-state index contributed by atoms with van der Waals surface area (Å²) in [5.41, 5.74) is -0.322. The largest absolute Gasteiger partial charge is 0.416 e. The SMILES string of the molecule is C=CCO[C@@H]1CN(C2CCOCC2)C[C@H]1NC(=O)CNc1n[nH]c2ccc(C(F)(F)F)cc12. The number of aromatic amines is 1. The molecule has 11 heteroatoms. The number of carbonyl (C=O) groups excluding carboxylic acids is 1. The molecule has 4 rings (SSSR count). The molecule has 2 aliphatic rings. The fourth-order valence-electron chi connectivity index (χ4n) is 4.40. The van der Waals surface area contributed by atoms with Gasteiger partial charge in [0.05, 0.1) is 36.4 Å². The van der Waals surface area contributed by atoms with E-state index in [0.29, 0.717) is 31.3 Å². The molecule has 0 radical (unpaired) electrons. The Labute approximate surface area is 189 Å². The third-order valence-electron chi connectivity index (χ3n) is 6.08. The highest BCUT2D eigenvalue weighted by atomic mass is 19.4. The van der Waals surface area contributed by atoms with Crippen LogP contribution in [-0.4, -0.2) is 78.6 Å². The molecule has 180 valence electrons. The van der Waals surface area contributed by atoms with Crippen molar-refractivity contribution >= 4 is 22.6 Å². The van der Waals surface area contributed by atoms with Crippen molar-refractivity contribution in [2.45, 2.75) is 37.2 Å². The molecule has 1 amide bonds. The van der Waals surface area contributed by atoms with Gasteiger partial charge in [-0.25, -0.2) is 0 Å². The number of rotatable bonds is 8. The van der Waals surface area contributed by atoms with Crippen molar-refractivity contribution in [2.24, 2.45) is 0 Å². The number of nitrogens with one attached hydrogen (secondary N) is 3. The van der Waals surface area contributed by atoms with Crippen molar-refractivity contribution in [1.29, 1.82) is 0 Å². The van der Waals surface area contributed by atoms with Crippen molar-refractivity contribution in [3.63, 3.8) is 0 Å². The molecule has 0 bridgehead atoms. The number of alkyl halides is 3. The van der Waals surface area contributed by atoms with Gasteiger partial charge >= 0.3 is 6.18 Å². The molecule has 2 saturated heterocycles. The van der Waals surface area contributed by atoms with E-state index >= 15 is 0 Å². The lowest BCUT2D eigenvalue weighted by Crippen LogP contribution is -2.46. The van der Waals surface area contributed by atoms with Gasteiger partial charge in [0.1, 0.15) is 0 Å². The first-order chi connectivity index (χ1) is 15.8. The van der Waals surface area contributed by atoms with E-state index in [1.807, 2.05) is 0 Å². The minimum absolute atomic E-state index is 0.127. The van der Waals surface area contributed by atoms with Gasteiger partial charge in [-0.05, 0) is 31.0 Å². The summed E-state index contributed by atoms with van der Waals surface area (Å²) in [6.07, 6.45) is -1.06. The van der Waals surface area contributed by atoms with Crippen molar-refractivity contribution in [3.8, 4) is 0 Å². The predicted octanol–water partition coefficient (Wildman–Crippen LogP) is 2.54. The average Bonchev–Trinajstić information content (AvgIpc) is 3.39. The molecular formula is C22H28F3N5O3. The molecule has 3 heterocycles. The van der Waals surface area contributed by atoms with Crippen LogP contribution in [0.5, 0.6) is 0 Å². The Morgan fingerprint density at radius 1 is 1.33 bits per heavy atom. The standard InChI is InChI=1S/C22H28F3N5O3/c1-2-7-33-19-13-30(15-5-8-32-9-6-15)12-18(19)27-20(31)11-26-21-16-10-14(22(23,24)25)3-4-17(16)28-29-21/h2-4,10,15,18-19H,1,5-9,11-13H2,(H,27,31)(H2,26,28,29)/t18-,19-/m1/s1. The van der Waals surface area contributed by atoms with E-state index in [-0.39, 0.29) is 35.8 Å². The lowest BCUT2D eigenvalue weighted by Gasteiger charge is -2.30. The average molecular weight is 467 g/mol. The van der Waals surface area contributed by atoms with Crippen LogP contribution in [0.4, 0.5) is 19.0 Å². The van der Waals surface area contributed by atoms with Crippen molar-refractivity contribution in [2.75, 3.05) is 44.8 Å². The Bertz CT molecular complexity index is 974. The first kappa shape index (κ1) is 23.5. The Hall–Kier alpha value is -2.63. The van der Waals surface area contributed by atoms with Crippen LogP contribution in [0.1, 0.15) is 18.4 Å². The number of aromatic nitrogens is 2. The smallest absolute Gasteiger partial charge is 0.381 e. The van der Waals surface area contributed by atoms with E-state index in [4.69, 9.17) is 9.47 Å². The van der Waals surface area contributed by atoms with Crippen molar-refractivity contribution in [3.05, 3.63) is 36.4 Å². The number of carbonyl (C=O) groups is 1. The third kappa shape index (κ3) is 5.66. The molecule has 2 fully saturated rings. The van der Waals surface area contributed by atoms with E-state index in [9.17, 15) is 18.0 Å². The third-order valence-corrected chi connectivity index (χ3v) is 6.08. The number of fused-ring (bicyclic) bond motifs is 1. The molecule has 0 spiro atoms. The Balaban J connectivity index is 1.37. The minimum Gasteiger partial charge on any atom is -0.381 e. The highest BCUT2D eigenvalue weighted by molar-refractivity contribution is 5.92. The van der Waals surface area contributed by atoms with Crippen LogP contribution in [0, 0.1) is 0 Å². The number of benzene rings is 1. The number of anilines is 1. The molecule has 0 saturated carbocycles. The van der Waals surface area contributed by atoms with Crippen LogP contribution < -0.4 is 10.6 Å². The van der Waals surface area contributed by atoms with Crippen LogP contribution in [0.25, 0.3) is 10.9 Å². The maximum atomic E-state index is 13.0. The summed E-state index contributed by atoms with van der Waals surface area (Å²) >= 11 is 0. The van der Waals surface area contributed by atoms with E-state index in [0.717, 1.165) is 38.2 Å². The van der Waals surface area contributed by atoms with Crippen LogP contribution in [0.3, 0.4) is 0 Å². The Morgan fingerprint density at radius 3 is 2.85 bits per heavy atom. The number of hydrogen-bond donors (Lipinski definition) is 3. The maximum absolute atomic E-state index is 13.0. The zero-order valence-electron chi connectivity index (χ0n) is 18.2. The van der Waals surface area contributed by atoms with Gasteiger partial charge in [0.15, 0.2) is 5.82 Å². The normalized spacial score (nSPS) is 22.5. The van der Waals surface area contributed by atoms with Gasteiger partial charge in [0.25, 0.3) is 0 Å². The van der Waals surface area contributed by atoms with Gasteiger partial charge in [0.2, 0.25) is 5.91 Å². The molecule has 0 unspecified atom stereocenters. The summed E-state index contributed by atoms with van der Waals surface area (Å²) in [5.74, 6) is -0.0925. The second-order valence-corrected chi connectivity index (χ2v) is 8.32. The number of nitrogens with zero attached hydrogens (tertiary/aromatic N) is 2. The first-order valence-corrected chi connectivity index (χ1v) is 11.0. The van der Waals surface area contributed by atoms with Crippen molar-refractivity contribution in [1.82, 2.24) is 20.4 Å². The Kier molecular flexibility index (Phi) is 7.20. The van der Waals surface area contributed by atoms with E-state index in [2.05, 4.69) is 32.3 Å². The van der Waals surface area contributed by atoms with Crippen LogP contribution in [0.2, 0.25) is 0 Å². The molecule has 33 heavy (non-hydrogen) atoms. The fraction of sp³-hybridized carbons (Fsp3) is 0.545. The quantitative estimate of drug-likeness (QED) is 0.517. The van der Waals surface area contributed by atoms with Gasteiger partial charge in [-0.3, -0.25) is 14.8 Å². The minimum atomic E-state index is -4.46. The van der Waals surface area contributed by atoms with Gasteiger partial charge < -0.3 is 20.1 Å². The summed E-state index contributed by atoms with van der Waals surface area (Å²) < 4.78 is 50.5. The van der Waals surface area contributed by atoms with Gasteiger partial charge in [-0.1, -0.05) is 6.08 Å². The highest BCUT2D eigenvalue weighted by Gasteiger charge is 2.38. The number of hydrogen-bond acceptors (Lipinski definition) is 6. The molecule has 1 aromatic carbocycles. The zero-order chi connectivity index (χ0) is 23.4. The van der Waals surface area contributed by atoms with Gasteiger partial charge in [-0.15, -0.1) is 6.58 Å². The van der Waals surface area contributed by atoms with E-state index in [1.165, 1.54) is 6.07 Å². The summed E-state index contributed by atoms with van der Waals surface area (Å²) in [6, 6.07) is 3.52. The number of halogens is 3. The number of ether oxygens (including phenoxy) is 2.